The molecule has 1 heterocycles. The van der Waals surface area contributed by atoms with Crippen LogP contribution in [0.4, 0.5) is 10.1 Å². The average molecular weight is 463 g/mol. The highest BCUT2D eigenvalue weighted by Gasteiger charge is 2.19. The Balaban J connectivity index is 1.64. The van der Waals surface area contributed by atoms with Gasteiger partial charge in [-0.05, 0) is 43.2 Å². The lowest BCUT2D eigenvalue weighted by Gasteiger charge is -2.17. The summed E-state index contributed by atoms with van der Waals surface area (Å²) in [6.45, 7) is 2.23. The molecule has 154 valence electrons. The lowest BCUT2D eigenvalue weighted by Crippen LogP contribution is -2.34. The average Bonchev–Trinajstić information content (AvgIpc) is 3.12. The quantitative estimate of drug-likeness (QED) is 0.252. The number of phenols is 1. The van der Waals surface area contributed by atoms with Crippen LogP contribution in [0.5, 0.6) is 5.75 Å². The van der Waals surface area contributed by atoms with Crippen molar-refractivity contribution in [3.8, 4) is 5.75 Å². The van der Waals surface area contributed by atoms with Crippen LogP contribution in [0.1, 0.15) is 24.8 Å². The molecule has 6 nitrogen and oxygen atoms in total. The van der Waals surface area contributed by atoms with Gasteiger partial charge < -0.3 is 20.6 Å². The van der Waals surface area contributed by atoms with E-state index in [0.29, 0.717) is 36.7 Å². The van der Waals surface area contributed by atoms with Crippen molar-refractivity contribution in [3.05, 3.63) is 58.3 Å². The summed E-state index contributed by atoms with van der Waals surface area (Å²) < 4.78 is 14.8. The van der Waals surface area contributed by atoms with Gasteiger partial charge in [-0.2, -0.15) is 0 Å². The molecule has 29 heavy (non-hydrogen) atoms. The Kier molecular flexibility index (Phi) is 7.46. The molecule has 0 spiro atoms. The first kappa shape index (κ1) is 21.1. The zero-order valence-electron chi connectivity index (χ0n) is 16.0. The SMILES string of the molecule is O=C1CCCN1CCCNC(=NCc1cc(Br)ccc1F)Nc1ccccc1O. The summed E-state index contributed by atoms with van der Waals surface area (Å²) in [6, 6.07) is 11.6. The van der Waals surface area contributed by atoms with Crippen molar-refractivity contribution in [2.45, 2.75) is 25.8 Å². The highest BCUT2D eigenvalue weighted by molar-refractivity contribution is 9.10. The molecule has 0 aromatic heterocycles. The van der Waals surface area contributed by atoms with Crippen molar-refractivity contribution in [2.24, 2.45) is 4.99 Å². The zero-order chi connectivity index (χ0) is 20.6. The van der Waals surface area contributed by atoms with Crippen molar-refractivity contribution >= 4 is 33.5 Å². The number of hydrogen-bond donors (Lipinski definition) is 3. The molecule has 0 saturated carbocycles. The standard InChI is InChI=1S/C21H24BrFN4O2/c22-16-8-9-17(23)15(13-16)14-25-21(26-18-5-1-2-6-19(18)28)24-10-4-12-27-11-3-7-20(27)29/h1-2,5-6,8-9,13,28H,3-4,7,10-12,14H2,(H2,24,25,26). The number of anilines is 1. The maximum Gasteiger partial charge on any atom is 0.222 e. The van der Waals surface area contributed by atoms with E-state index >= 15 is 0 Å². The fraction of sp³-hybridized carbons (Fsp3) is 0.333. The predicted molar refractivity (Wildman–Crippen MR) is 115 cm³/mol. The smallest absolute Gasteiger partial charge is 0.222 e. The van der Waals surface area contributed by atoms with E-state index in [2.05, 4.69) is 31.6 Å². The fourth-order valence-electron chi connectivity index (χ4n) is 3.09. The molecular formula is C21H24BrFN4O2. The molecule has 2 aromatic carbocycles. The minimum Gasteiger partial charge on any atom is -0.506 e. The van der Waals surface area contributed by atoms with Gasteiger partial charge in [0.15, 0.2) is 5.96 Å². The minimum absolute atomic E-state index is 0.0956. The van der Waals surface area contributed by atoms with E-state index in [1.807, 2.05) is 4.90 Å². The minimum atomic E-state index is -0.327. The molecule has 1 fully saturated rings. The second-order valence-electron chi connectivity index (χ2n) is 6.81. The number of para-hydroxylation sites is 2. The van der Waals surface area contributed by atoms with Crippen LogP contribution in [-0.2, 0) is 11.3 Å². The normalized spacial score (nSPS) is 14.3. The van der Waals surface area contributed by atoms with Gasteiger partial charge in [-0.25, -0.2) is 9.38 Å². The van der Waals surface area contributed by atoms with Crippen LogP contribution in [0.15, 0.2) is 51.9 Å². The van der Waals surface area contributed by atoms with Gasteiger partial charge in [0.05, 0.1) is 12.2 Å². The third-order valence-electron chi connectivity index (χ3n) is 4.64. The summed E-state index contributed by atoms with van der Waals surface area (Å²) in [6.07, 6.45) is 2.32. The number of halogens is 2. The van der Waals surface area contributed by atoms with Gasteiger partial charge >= 0.3 is 0 Å². The molecule has 3 rings (SSSR count). The molecule has 1 aliphatic heterocycles. The maximum atomic E-state index is 14.0. The highest BCUT2D eigenvalue weighted by Crippen LogP contribution is 2.21. The van der Waals surface area contributed by atoms with E-state index in [9.17, 15) is 14.3 Å². The van der Waals surface area contributed by atoms with E-state index in [0.717, 1.165) is 23.9 Å². The summed E-state index contributed by atoms with van der Waals surface area (Å²) in [5.74, 6) is 0.402. The van der Waals surface area contributed by atoms with Crippen LogP contribution in [0.3, 0.4) is 0 Å². The van der Waals surface area contributed by atoms with E-state index in [1.165, 1.54) is 6.07 Å². The second kappa shape index (κ2) is 10.2. The Morgan fingerprint density at radius 2 is 2.10 bits per heavy atom. The molecule has 1 aliphatic rings. The molecule has 8 heteroatoms. The molecule has 0 bridgehead atoms. The Labute approximate surface area is 178 Å². The molecule has 2 aromatic rings. The number of likely N-dealkylation sites (tertiary alicyclic amines) is 1. The van der Waals surface area contributed by atoms with Gasteiger partial charge in [0.25, 0.3) is 0 Å². The third-order valence-corrected chi connectivity index (χ3v) is 5.13. The van der Waals surface area contributed by atoms with Crippen molar-refractivity contribution in [2.75, 3.05) is 25.0 Å². The van der Waals surface area contributed by atoms with Crippen LogP contribution in [0.2, 0.25) is 0 Å². The number of nitrogens with one attached hydrogen (secondary N) is 2. The Morgan fingerprint density at radius 1 is 1.28 bits per heavy atom. The second-order valence-corrected chi connectivity index (χ2v) is 7.72. The van der Waals surface area contributed by atoms with Crippen LogP contribution in [0.25, 0.3) is 0 Å². The van der Waals surface area contributed by atoms with Crippen LogP contribution in [-0.4, -0.2) is 41.5 Å². The van der Waals surface area contributed by atoms with E-state index < -0.39 is 0 Å². The summed E-state index contributed by atoms with van der Waals surface area (Å²) >= 11 is 3.34. The number of guanidine groups is 1. The number of phenolic OH excluding ortho intramolecular Hbond substituents is 1. The monoisotopic (exact) mass is 462 g/mol. The molecule has 0 unspecified atom stereocenters. The molecule has 0 radical (unpaired) electrons. The van der Waals surface area contributed by atoms with Crippen LogP contribution >= 0.6 is 15.9 Å². The van der Waals surface area contributed by atoms with Gasteiger partial charge in [-0.3, -0.25) is 4.79 Å². The predicted octanol–water partition coefficient (Wildman–Crippen LogP) is 3.86. The van der Waals surface area contributed by atoms with E-state index in [4.69, 9.17) is 0 Å². The number of carbonyl (C=O) groups is 1. The molecule has 0 atom stereocenters. The van der Waals surface area contributed by atoms with E-state index in [-0.39, 0.29) is 24.0 Å². The lowest BCUT2D eigenvalue weighted by atomic mass is 10.2. The van der Waals surface area contributed by atoms with Crippen molar-refractivity contribution in [3.63, 3.8) is 0 Å². The van der Waals surface area contributed by atoms with Crippen molar-refractivity contribution in [1.29, 1.82) is 0 Å². The Bertz CT molecular complexity index is 891. The van der Waals surface area contributed by atoms with Gasteiger partial charge in [0, 0.05) is 36.1 Å². The van der Waals surface area contributed by atoms with Crippen LogP contribution in [0, 0.1) is 5.82 Å². The Morgan fingerprint density at radius 3 is 2.86 bits per heavy atom. The van der Waals surface area contributed by atoms with Gasteiger partial charge in [0.2, 0.25) is 5.91 Å². The molecular weight excluding hydrogens is 439 g/mol. The largest absolute Gasteiger partial charge is 0.506 e. The number of carbonyl (C=O) groups excluding carboxylic acids is 1. The molecule has 1 saturated heterocycles. The number of benzene rings is 2. The highest BCUT2D eigenvalue weighted by atomic mass is 79.9. The lowest BCUT2D eigenvalue weighted by molar-refractivity contribution is -0.127. The molecule has 3 N–H and O–H groups in total. The number of nitrogens with zero attached hydrogens (tertiary/aromatic N) is 2. The van der Waals surface area contributed by atoms with E-state index in [1.54, 1.807) is 36.4 Å². The first-order valence-corrected chi connectivity index (χ1v) is 10.4. The van der Waals surface area contributed by atoms with Gasteiger partial charge in [-0.1, -0.05) is 28.1 Å². The molecule has 1 amide bonds. The number of hydrogen-bond acceptors (Lipinski definition) is 3. The topological polar surface area (TPSA) is 77.0 Å². The number of aromatic hydroxyl groups is 1. The zero-order valence-corrected chi connectivity index (χ0v) is 17.6. The van der Waals surface area contributed by atoms with Gasteiger partial charge in [-0.15, -0.1) is 0 Å². The first-order chi connectivity index (χ1) is 14.0. The first-order valence-electron chi connectivity index (χ1n) is 9.58. The van der Waals surface area contributed by atoms with Gasteiger partial charge in [0.1, 0.15) is 11.6 Å². The molecule has 0 aliphatic carbocycles. The summed E-state index contributed by atoms with van der Waals surface area (Å²) in [5.41, 5.74) is 0.962. The van der Waals surface area contributed by atoms with Crippen molar-refractivity contribution < 1.29 is 14.3 Å². The summed E-state index contributed by atoms with van der Waals surface area (Å²) in [5, 5.41) is 16.3. The van der Waals surface area contributed by atoms with Crippen LogP contribution < -0.4 is 10.6 Å². The fourth-order valence-corrected chi connectivity index (χ4v) is 3.50. The number of rotatable bonds is 7. The Hall–Kier alpha value is -2.61. The van der Waals surface area contributed by atoms with Crippen molar-refractivity contribution in [1.82, 2.24) is 10.2 Å². The summed E-state index contributed by atoms with van der Waals surface area (Å²) in [7, 11) is 0. The number of amides is 1. The third kappa shape index (κ3) is 6.19. The number of aliphatic imine (C=N–C) groups is 1. The maximum absolute atomic E-state index is 14.0. The summed E-state index contributed by atoms with van der Waals surface area (Å²) in [4.78, 5) is 18.0.